The maximum Gasteiger partial charge on any atom is 0.141 e. The summed E-state index contributed by atoms with van der Waals surface area (Å²) in [6, 6.07) is 10.5. The van der Waals surface area contributed by atoms with Gasteiger partial charge in [-0.15, -0.1) is 0 Å². The fourth-order valence-electron chi connectivity index (χ4n) is 2.48. The summed E-state index contributed by atoms with van der Waals surface area (Å²) in [6.07, 6.45) is 3.89. The first-order valence-electron chi connectivity index (χ1n) is 6.62. The first-order valence-corrected chi connectivity index (χ1v) is 6.62. The van der Waals surface area contributed by atoms with Gasteiger partial charge in [-0.3, -0.25) is 4.90 Å². The Labute approximate surface area is 113 Å². The Morgan fingerprint density at radius 1 is 1.26 bits per heavy atom. The number of aromatic nitrogens is 3. The third-order valence-electron chi connectivity index (χ3n) is 3.37. The van der Waals surface area contributed by atoms with Gasteiger partial charge in [-0.2, -0.15) is 5.10 Å². The molecule has 2 heterocycles. The summed E-state index contributed by atoms with van der Waals surface area (Å²) in [7, 11) is 0. The van der Waals surface area contributed by atoms with Gasteiger partial charge in [0, 0.05) is 13.1 Å². The molecule has 1 aromatic carbocycles. The largest absolute Gasteiger partial charge is 0.290 e. The van der Waals surface area contributed by atoms with E-state index in [0.29, 0.717) is 0 Å². The second-order valence-corrected chi connectivity index (χ2v) is 5.01. The lowest BCUT2D eigenvalue weighted by molar-refractivity contribution is 0.226. The summed E-state index contributed by atoms with van der Waals surface area (Å²) >= 11 is 0. The Bertz CT molecular complexity index is 571. The predicted octanol–water partition coefficient (Wildman–Crippen LogP) is 2.20. The molecule has 0 aliphatic carbocycles. The molecule has 0 N–H and O–H groups in total. The van der Waals surface area contributed by atoms with Crippen molar-refractivity contribution < 1.29 is 0 Å². The molecule has 0 radical (unpaired) electrons. The number of fused-ring (bicyclic) bond motifs is 1. The molecule has 0 unspecified atom stereocenters. The number of rotatable bonds is 3. The van der Waals surface area contributed by atoms with Gasteiger partial charge in [0.05, 0.1) is 13.1 Å². The highest BCUT2D eigenvalue weighted by molar-refractivity contribution is 5.52. The lowest BCUT2D eigenvalue weighted by Gasteiger charge is -2.26. The van der Waals surface area contributed by atoms with Crippen LogP contribution in [0.25, 0.3) is 6.08 Å². The van der Waals surface area contributed by atoms with E-state index in [1.807, 2.05) is 10.7 Å². The minimum absolute atomic E-state index is 0.889. The third-order valence-corrected chi connectivity index (χ3v) is 3.37. The molecule has 1 aromatic heterocycles. The van der Waals surface area contributed by atoms with E-state index in [0.717, 1.165) is 32.0 Å². The van der Waals surface area contributed by atoms with E-state index in [2.05, 4.69) is 52.2 Å². The molecular formula is C15H18N4. The molecule has 2 aromatic rings. The van der Waals surface area contributed by atoms with Gasteiger partial charge in [-0.05, 0) is 12.5 Å². The summed E-state index contributed by atoms with van der Waals surface area (Å²) in [5.74, 6) is 1.07. The van der Waals surface area contributed by atoms with E-state index < -0.39 is 0 Å². The first kappa shape index (κ1) is 12.1. The highest BCUT2D eigenvalue weighted by atomic mass is 15.4. The van der Waals surface area contributed by atoms with Gasteiger partial charge >= 0.3 is 0 Å². The molecule has 0 saturated heterocycles. The number of hydrogen-bond acceptors (Lipinski definition) is 3. The van der Waals surface area contributed by atoms with Crippen molar-refractivity contribution in [2.45, 2.75) is 20.0 Å². The molecule has 0 bridgehead atoms. The van der Waals surface area contributed by atoms with Crippen LogP contribution in [-0.4, -0.2) is 32.8 Å². The zero-order valence-electron chi connectivity index (χ0n) is 11.2. The zero-order valence-corrected chi connectivity index (χ0v) is 11.2. The molecule has 4 nitrogen and oxygen atoms in total. The Morgan fingerprint density at radius 2 is 2.11 bits per heavy atom. The standard InChI is InChI=1S/C15H18N4/c1-13(9-14-5-3-2-4-6-14)10-18-7-8-19-15(11-18)16-12-17-19/h2-6,9,12H,7-8,10-11H2,1H3. The molecule has 0 amide bonds. The van der Waals surface area contributed by atoms with Crippen molar-refractivity contribution in [1.82, 2.24) is 19.7 Å². The number of nitrogens with zero attached hydrogens (tertiary/aromatic N) is 4. The SMILES string of the molecule is CC(=Cc1ccccc1)CN1CCn2ncnc2C1. The van der Waals surface area contributed by atoms with Crippen LogP contribution in [0.4, 0.5) is 0 Å². The van der Waals surface area contributed by atoms with Crippen LogP contribution in [0.1, 0.15) is 18.3 Å². The molecule has 19 heavy (non-hydrogen) atoms. The van der Waals surface area contributed by atoms with E-state index in [-0.39, 0.29) is 0 Å². The second-order valence-electron chi connectivity index (χ2n) is 5.01. The van der Waals surface area contributed by atoms with Crippen molar-refractivity contribution in [1.29, 1.82) is 0 Å². The van der Waals surface area contributed by atoms with Crippen molar-refractivity contribution in [3.8, 4) is 0 Å². The Hall–Kier alpha value is -1.94. The highest BCUT2D eigenvalue weighted by Crippen LogP contribution is 2.12. The van der Waals surface area contributed by atoms with E-state index in [1.54, 1.807) is 6.33 Å². The third kappa shape index (κ3) is 2.90. The van der Waals surface area contributed by atoms with Crippen LogP contribution in [0.15, 0.2) is 42.2 Å². The average Bonchev–Trinajstić information content (AvgIpc) is 2.87. The lowest BCUT2D eigenvalue weighted by Crippen LogP contribution is -2.35. The summed E-state index contributed by atoms with van der Waals surface area (Å²) in [4.78, 5) is 6.70. The van der Waals surface area contributed by atoms with Gasteiger partial charge in [-0.1, -0.05) is 42.0 Å². The molecule has 0 atom stereocenters. The highest BCUT2D eigenvalue weighted by Gasteiger charge is 2.17. The molecule has 0 saturated carbocycles. The normalized spacial score (nSPS) is 16.4. The smallest absolute Gasteiger partial charge is 0.141 e. The first-order chi connectivity index (χ1) is 9.31. The van der Waals surface area contributed by atoms with E-state index in [4.69, 9.17) is 0 Å². The summed E-state index contributed by atoms with van der Waals surface area (Å²) in [6.45, 7) is 6.04. The van der Waals surface area contributed by atoms with Gasteiger partial charge < -0.3 is 0 Å². The van der Waals surface area contributed by atoms with Crippen molar-refractivity contribution >= 4 is 6.08 Å². The topological polar surface area (TPSA) is 34.0 Å². The fourth-order valence-corrected chi connectivity index (χ4v) is 2.48. The van der Waals surface area contributed by atoms with Crippen LogP contribution in [0, 0.1) is 0 Å². The Morgan fingerprint density at radius 3 is 2.95 bits per heavy atom. The van der Waals surface area contributed by atoms with Crippen molar-refractivity contribution in [3.05, 3.63) is 53.6 Å². The Kier molecular flexibility index (Phi) is 3.42. The molecule has 1 aliphatic rings. The van der Waals surface area contributed by atoms with Gasteiger partial charge in [0.1, 0.15) is 12.2 Å². The quantitative estimate of drug-likeness (QED) is 0.842. The minimum Gasteiger partial charge on any atom is -0.290 e. The summed E-state index contributed by atoms with van der Waals surface area (Å²) < 4.78 is 1.99. The maximum absolute atomic E-state index is 4.29. The van der Waals surface area contributed by atoms with Gasteiger partial charge in [-0.25, -0.2) is 9.67 Å². The zero-order chi connectivity index (χ0) is 13.1. The maximum atomic E-state index is 4.29. The van der Waals surface area contributed by atoms with Gasteiger partial charge in [0.2, 0.25) is 0 Å². The molecule has 98 valence electrons. The minimum atomic E-state index is 0.889. The summed E-state index contributed by atoms with van der Waals surface area (Å²) in [5.41, 5.74) is 2.64. The van der Waals surface area contributed by atoms with Gasteiger partial charge in [0.15, 0.2) is 0 Å². The predicted molar refractivity (Wildman–Crippen MR) is 75.4 cm³/mol. The molecular weight excluding hydrogens is 236 g/mol. The van der Waals surface area contributed by atoms with E-state index in [1.165, 1.54) is 11.1 Å². The Balaban J connectivity index is 1.65. The van der Waals surface area contributed by atoms with Crippen molar-refractivity contribution in [2.75, 3.05) is 13.1 Å². The van der Waals surface area contributed by atoms with Crippen LogP contribution < -0.4 is 0 Å². The summed E-state index contributed by atoms with van der Waals surface area (Å²) in [5, 5.41) is 4.20. The van der Waals surface area contributed by atoms with Crippen LogP contribution in [0.5, 0.6) is 0 Å². The van der Waals surface area contributed by atoms with Crippen LogP contribution in [0.3, 0.4) is 0 Å². The lowest BCUT2D eigenvalue weighted by atomic mass is 10.1. The van der Waals surface area contributed by atoms with E-state index in [9.17, 15) is 0 Å². The fraction of sp³-hybridized carbons (Fsp3) is 0.333. The molecule has 4 heteroatoms. The molecule has 3 rings (SSSR count). The monoisotopic (exact) mass is 254 g/mol. The molecule has 1 aliphatic heterocycles. The number of hydrogen-bond donors (Lipinski definition) is 0. The second kappa shape index (κ2) is 5.36. The van der Waals surface area contributed by atoms with Crippen molar-refractivity contribution in [2.24, 2.45) is 0 Å². The molecule has 0 fully saturated rings. The van der Waals surface area contributed by atoms with E-state index >= 15 is 0 Å². The number of benzene rings is 1. The van der Waals surface area contributed by atoms with Crippen LogP contribution in [0.2, 0.25) is 0 Å². The van der Waals surface area contributed by atoms with Crippen LogP contribution >= 0.6 is 0 Å². The molecule has 0 spiro atoms. The average molecular weight is 254 g/mol. The van der Waals surface area contributed by atoms with Crippen molar-refractivity contribution in [3.63, 3.8) is 0 Å². The van der Waals surface area contributed by atoms with Gasteiger partial charge in [0.25, 0.3) is 0 Å². The van der Waals surface area contributed by atoms with Crippen LogP contribution in [-0.2, 0) is 13.1 Å².